The zero-order chi connectivity index (χ0) is 24.5. The number of methoxy groups -OCH3 is 1. The fraction of sp³-hybridized carbons (Fsp3) is 0.435. The summed E-state index contributed by atoms with van der Waals surface area (Å²) in [5.74, 6) is 0.417. The lowest BCUT2D eigenvalue weighted by atomic mass is 10.0. The number of carbonyl (C=O) groups excluding carboxylic acids is 1. The molecule has 2 N–H and O–H groups in total. The highest BCUT2D eigenvalue weighted by molar-refractivity contribution is 7.89. The molecule has 0 bridgehead atoms. The molecule has 2 aromatic rings. The fourth-order valence-electron chi connectivity index (χ4n) is 4.13. The van der Waals surface area contributed by atoms with Crippen molar-refractivity contribution in [3.05, 3.63) is 46.5 Å². The van der Waals surface area contributed by atoms with Gasteiger partial charge in [-0.1, -0.05) is 19.9 Å². The van der Waals surface area contributed by atoms with E-state index in [9.17, 15) is 18.4 Å². The molecule has 1 aliphatic rings. The van der Waals surface area contributed by atoms with Crippen LogP contribution in [0.1, 0.15) is 36.1 Å². The number of hydrogen-bond acceptors (Lipinski definition) is 7. The second-order valence-electron chi connectivity index (χ2n) is 8.38. The molecule has 3 rings (SSSR count). The molecule has 0 radical (unpaired) electrons. The van der Waals surface area contributed by atoms with Gasteiger partial charge in [-0.15, -0.1) is 0 Å². The zero-order valence-electron chi connectivity index (χ0n) is 19.6. The summed E-state index contributed by atoms with van der Waals surface area (Å²) in [5, 5.41) is 9.38. The Morgan fingerprint density at radius 2 is 1.82 bits per heavy atom. The van der Waals surface area contributed by atoms with Gasteiger partial charge in [-0.3, -0.25) is 10.0 Å². The van der Waals surface area contributed by atoms with Crippen molar-refractivity contribution in [2.45, 2.75) is 52.1 Å². The first kappa shape index (κ1) is 24.8. The number of amides is 1. The van der Waals surface area contributed by atoms with Crippen molar-refractivity contribution < 1.29 is 32.6 Å². The second kappa shape index (κ2) is 9.58. The van der Waals surface area contributed by atoms with Crippen molar-refractivity contribution in [2.24, 2.45) is 5.92 Å². The maximum Gasteiger partial charge on any atom is 0.262 e. The predicted octanol–water partition coefficient (Wildman–Crippen LogP) is 3.07. The first-order valence-corrected chi connectivity index (χ1v) is 12.0. The molecule has 10 heteroatoms. The maximum absolute atomic E-state index is 14.1. The Balaban J connectivity index is 2.18. The van der Waals surface area contributed by atoms with Crippen LogP contribution in [-0.4, -0.2) is 43.8 Å². The monoisotopic (exact) mass is 478 g/mol. The lowest BCUT2D eigenvalue weighted by Gasteiger charge is -2.33. The van der Waals surface area contributed by atoms with Gasteiger partial charge in [-0.25, -0.2) is 13.9 Å². The maximum atomic E-state index is 14.1. The van der Waals surface area contributed by atoms with E-state index in [-0.39, 0.29) is 18.2 Å². The average molecular weight is 479 g/mol. The molecule has 1 amide bonds. The van der Waals surface area contributed by atoms with Crippen molar-refractivity contribution in [1.82, 2.24) is 9.79 Å². The summed E-state index contributed by atoms with van der Waals surface area (Å²) in [6, 6.07) is 5.63. The molecule has 0 fully saturated rings. The molecular weight excluding hydrogens is 448 g/mol. The number of hydroxylamine groups is 1. The summed E-state index contributed by atoms with van der Waals surface area (Å²) < 4.78 is 45.5. The van der Waals surface area contributed by atoms with Crippen LogP contribution < -0.4 is 19.7 Å². The third kappa shape index (κ3) is 4.64. The molecule has 1 aliphatic heterocycles. The Morgan fingerprint density at radius 1 is 1.15 bits per heavy atom. The molecule has 0 aromatic heterocycles. The standard InChI is InChI=1S/C23H30N2O7S/c1-13(2)21(23(26)24-27)25(11-17-7-8-18-20(10-17)32-12-31-18)33(28,29)22-14(3)9-19(30-6)15(4)16(22)5/h7-10,13,21,27H,11-12H2,1-6H3,(H,24,26). The highest BCUT2D eigenvalue weighted by Crippen LogP contribution is 2.36. The summed E-state index contributed by atoms with van der Waals surface area (Å²) in [5.41, 5.74) is 3.96. The van der Waals surface area contributed by atoms with E-state index in [1.807, 2.05) is 0 Å². The smallest absolute Gasteiger partial charge is 0.262 e. The Bertz CT molecular complexity index is 1160. The first-order chi connectivity index (χ1) is 15.5. The molecule has 1 heterocycles. The average Bonchev–Trinajstić information content (AvgIpc) is 3.23. The van der Waals surface area contributed by atoms with Gasteiger partial charge in [0.15, 0.2) is 11.5 Å². The van der Waals surface area contributed by atoms with Crippen LogP contribution in [0.3, 0.4) is 0 Å². The van der Waals surface area contributed by atoms with Gasteiger partial charge in [0.05, 0.1) is 12.0 Å². The predicted molar refractivity (Wildman–Crippen MR) is 121 cm³/mol. The third-order valence-corrected chi connectivity index (χ3v) is 7.98. The van der Waals surface area contributed by atoms with Crippen LogP contribution in [0.4, 0.5) is 0 Å². The van der Waals surface area contributed by atoms with E-state index in [4.69, 9.17) is 14.2 Å². The minimum Gasteiger partial charge on any atom is -0.496 e. The van der Waals surface area contributed by atoms with Crippen LogP contribution in [0.2, 0.25) is 0 Å². The van der Waals surface area contributed by atoms with E-state index in [1.165, 1.54) is 7.11 Å². The number of nitrogens with one attached hydrogen (secondary N) is 1. The number of hydrogen-bond donors (Lipinski definition) is 2. The molecule has 1 atom stereocenters. The second-order valence-corrected chi connectivity index (χ2v) is 10.2. The largest absolute Gasteiger partial charge is 0.496 e. The number of nitrogens with zero attached hydrogens (tertiary/aromatic N) is 1. The van der Waals surface area contributed by atoms with Crippen LogP contribution >= 0.6 is 0 Å². The summed E-state index contributed by atoms with van der Waals surface area (Å²) in [7, 11) is -2.66. The van der Waals surface area contributed by atoms with E-state index in [0.717, 1.165) is 4.31 Å². The molecular formula is C23H30N2O7S. The van der Waals surface area contributed by atoms with E-state index >= 15 is 0 Å². The molecule has 33 heavy (non-hydrogen) atoms. The number of aryl methyl sites for hydroxylation is 1. The van der Waals surface area contributed by atoms with Gasteiger partial charge >= 0.3 is 0 Å². The lowest BCUT2D eigenvalue weighted by molar-refractivity contribution is -0.134. The van der Waals surface area contributed by atoms with E-state index < -0.39 is 27.9 Å². The molecule has 180 valence electrons. The van der Waals surface area contributed by atoms with E-state index in [1.54, 1.807) is 64.4 Å². The van der Waals surface area contributed by atoms with E-state index in [2.05, 4.69) is 0 Å². The van der Waals surface area contributed by atoms with Gasteiger partial charge in [-0.05, 0) is 67.1 Å². The lowest BCUT2D eigenvalue weighted by Crippen LogP contribution is -2.51. The fourth-order valence-corrected chi connectivity index (χ4v) is 6.33. The number of rotatable bonds is 8. The topological polar surface area (TPSA) is 114 Å². The normalized spacial score (nSPS) is 14.0. The van der Waals surface area contributed by atoms with Crippen molar-refractivity contribution in [3.8, 4) is 17.2 Å². The van der Waals surface area contributed by atoms with Crippen LogP contribution in [0.15, 0.2) is 29.2 Å². The molecule has 0 spiro atoms. The molecule has 0 saturated carbocycles. The molecule has 1 unspecified atom stereocenters. The van der Waals surface area contributed by atoms with Gasteiger partial charge in [0, 0.05) is 6.54 Å². The zero-order valence-corrected chi connectivity index (χ0v) is 20.4. The third-order valence-electron chi connectivity index (χ3n) is 5.86. The minimum absolute atomic E-state index is 0.0891. The van der Waals surface area contributed by atoms with Crippen molar-refractivity contribution in [3.63, 3.8) is 0 Å². The highest BCUT2D eigenvalue weighted by atomic mass is 32.2. The number of carbonyl (C=O) groups is 1. The van der Waals surface area contributed by atoms with Crippen LogP contribution in [0, 0.1) is 26.7 Å². The van der Waals surface area contributed by atoms with Gasteiger partial charge in [-0.2, -0.15) is 4.31 Å². The van der Waals surface area contributed by atoms with Crippen LogP contribution in [-0.2, 0) is 21.4 Å². The number of ether oxygens (including phenoxy) is 3. The number of sulfonamides is 1. The molecule has 2 aromatic carbocycles. The van der Waals surface area contributed by atoms with Gasteiger partial charge < -0.3 is 14.2 Å². The molecule has 9 nitrogen and oxygen atoms in total. The molecule has 0 aliphatic carbocycles. The van der Waals surface area contributed by atoms with Crippen LogP contribution in [0.5, 0.6) is 17.2 Å². The van der Waals surface area contributed by atoms with Crippen molar-refractivity contribution in [2.75, 3.05) is 13.9 Å². The van der Waals surface area contributed by atoms with Gasteiger partial charge in [0.2, 0.25) is 16.8 Å². The van der Waals surface area contributed by atoms with E-state index in [0.29, 0.717) is 39.5 Å². The highest BCUT2D eigenvalue weighted by Gasteiger charge is 2.40. The Labute approximate surface area is 194 Å². The van der Waals surface area contributed by atoms with Crippen molar-refractivity contribution in [1.29, 1.82) is 0 Å². The summed E-state index contributed by atoms with van der Waals surface area (Å²) >= 11 is 0. The summed E-state index contributed by atoms with van der Waals surface area (Å²) in [4.78, 5) is 12.8. The molecule has 0 saturated heterocycles. The SMILES string of the molecule is COc1cc(C)c(S(=O)(=O)N(Cc2ccc3c(c2)OCO3)C(C(=O)NO)C(C)C)c(C)c1C. The first-order valence-electron chi connectivity index (χ1n) is 10.5. The Morgan fingerprint density at radius 3 is 2.42 bits per heavy atom. The van der Waals surface area contributed by atoms with Crippen LogP contribution in [0.25, 0.3) is 0 Å². The number of benzene rings is 2. The number of fused-ring (bicyclic) bond motifs is 1. The Kier molecular flexibility index (Phi) is 7.20. The van der Waals surface area contributed by atoms with Gasteiger partial charge in [0.25, 0.3) is 5.91 Å². The minimum atomic E-state index is -4.19. The summed E-state index contributed by atoms with van der Waals surface area (Å²) in [6.45, 7) is 8.62. The quantitative estimate of drug-likeness (QED) is 0.443. The Hall–Kier alpha value is -2.82. The van der Waals surface area contributed by atoms with Crippen molar-refractivity contribution >= 4 is 15.9 Å². The van der Waals surface area contributed by atoms with Gasteiger partial charge in [0.1, 0.15) is 11.8 Å². The summed E-state index contributed by atoms with van der Waals surface area (Å²) in [6.07, 6.45) is 0.